The van der Waals surface area contributed by atoms with Gasteiger partial charge in [0, 0.05) is 12.8 Å². The average Bonchev–Trinajstić information content (AvgIpc) is 3.05. The quantitative estimate of drug-likeness (QED) is 0.0308. The predicted molar refractivity (Wildman–Crippen MR) is 197 cm³/mol. The first-order valence-corrected chi connectivity index (χ1v) is 19.5. The molecule has 6 heteroatoms. The Morgan fingerprint density at radius 3 is 1.43 bits per heavy atom. The van der Waals surface area contributed by atoms with E-state index in [2.05, 4.69) is 39.0 Å². The molecule has 0 saturated carbocycles. The molecule has 0 aliphatic carbocycles. The smallest absolute Gasteiger partial charge is 0.305 e. The van der Waals surface area contributed by atoms with E-state index < -0.39 is 12.2 Å². The number of ether oxygens (including phenoxy) is 2. The van der Waals surface area contributed by atoms with Crippen molar-refractivity contribution < 1.29 is 29.3 Å². The van der Waals surface area contributed by atoms with Gasteiger partial charge in [-0.1, -0.05) is 173 Å². The second-order valence-electron chi connectivity index (χ2n) is 13.7. The van der Waals surface area contributed by atoms with E-state index >= 15 is 0 Å². The monoisotopic (exact) mass is 663 g/mol. The number of hydrogen-bond donors (Lipinski definition) is 2. The zero-order chi connectivity index (χ0) is 34.6. The molecule has 274 valence electrons. The molecule has 2 atom stereocenters. The van der Waals surface area contributed by atoms with Gasteiger partial charge >= 0.3 is 11.9 Å². The van der Waals surface area contributed by atoms with Gasteiger partial charge in [-0.15, -0.1) is 0 Å². The Morgan fingerprint density at radius 2 is 0.979 bits per heavy atom. The first-order valence-electron chi connectivity index (χ1n) is 19.5. The van der Waals surface area contributed by atoms with Gasteiger partial charge in [0.15, 0.2) is 0 Å². The minimum absolute atomic E-state index is 0.141. The lowest BCUT2D eigenvalue weighted by Crippen LogP contribution is -2.25. The third-order valence-corrected chi connectivity index (χ3v) is 8.42. The molecular weight excluding hydrogens is 588 g/mol. The Kier molecular flexibility index (Phi) is 33.9. The zero-order valence-corrected chi connectivity index (χ0v) is 30.8. The second kappa shape index (κ2) is 35.4. The molecule has 0 bridgehead atoms. The van der Waals surface area contributed by atoms with Crippen molar-refractivity contribution in [2.75, 3.05) is 13.2 Å². The molecular formula is C41H74O6. The molecule has 2 N–H and O–H groups in total. The van der Waals surface area contributed by atoms with Crippen LogP contribution in [0.4, 0.5) is 0 Å². The highest BCUT2D eigenvalue weighted by Gasteiger charge is 2.12. The van der Waals surface area contributed by atoms with Crippen LogP contribution in [0.2, 0.25) is 0 Å². The Morgan fingerprint density at radius 1 is 0.553 bits per heavy atom. The van der Waals surface area contributed by atoms with Crippen LogP contribution in [0, 0.1) is 5.92 Å². The lowest BCUT2D eigenvalue weighted by Gasteiger charge is -2.12. The Bertz CT molecular complexity index is 787. The summed E-state index contributed by atoms with van der Waals surface area (Å²) >= 11 is 0. The molecule has 0 amide bonds. The highest BCUT2D eigenvalue weighted by atomic mass is 16.6. The minimum Gasteiger partial charge on any atom is -0.463 e. The molecule has 0 rings (SSSR count). The Labute approximate surface area is 289 Å². The van der Waals surface area contributed by atoms with Gasteiger partial charge in [-0.2, -0.15) is 0 Å². The molecule has 0 aromatic rings. The van der Waals surface area contributed by atoms with Crippen molar-refractivity contribution in [3.05, 3.63) is 36.5 Å². The fraction of sp³-hybridized carbons (Fsp3) is 0.805. The van der Waals surface area contributed by atoms with Crippen molar-refractivity contribution in [3.63, 3.8) is 0 Å². The van der Waals surface area contributed by atoms with Crippen LogP contribution in [0.25, 0.3) is 0 Å². The molecule has 0 aromatic carbocycles. The number of aliphatic hydroxyl groups is 2. The normalized spacial score (nSPS) is 13.3. The van der Waals surface area contributed by atoms with E-state index in [1.807, 2.05) is 18.2 Å². The highest BCUT2D eigenvalue weighted by Crippen LogP contribution is 2.15. The summed E-state index contributed by atoms with van der Waals surface area (Å²) < 4.78 is 10.3. The van der Waals surface area contributed by atoms with Crippen molar-refractivity contribution in [2.45, 2.75) is 193 Å². The lowest BCUT2D eigenvalue weighted by molar-refractivity contribution is -0.152. The van der Waals surface area contributed by atoms with Crippen molar-refractivity contribution in [1.29, 1.82) is 0 Å². The molecule has 0 fully saturated rings. The van der Waals surface area contributed by atoms with Gasteiger partial charge in [0.1, 0.15) is 19.3 Å². The number of carbonyl (C=O) groups is 2. The van der Waals surface area contributed by atoms with Crippen LogP contribution >= 0.6 is 0 Å². The second-order valence-corrected chi connectivity index (χ2v) is 13.7. The van der Waals surface area contributed by atoms with E-state index in [1.54, 1.807) is 0 Å². The summed E-state index contributed by atoms with van der Waals surface area (Å²) in [6.45, 7) is 6.44. The highest BCUT2D eigenvalue weighted by molar-refractivity contribution is 5.69. The zero-order valence-electron chi connectivity index (χ0n) is 30.8. The summed E-state index contributed by atoms with van der Waals surface area (Å²) in [7, 11) is 0. The standard InChI is InChI=1S/C41H74O6/c1-4-5-6-7-16-21-26-31-38(42)32-27-22-19-24-29-34-41(45)47-36-39(43)35-46-40(44)33-28-23-18-15-13-11-9-8-10-12-14-17-20-25-30-37(2)3/h5-6,16,21,26,31,37-39,42-43H,4,7-15,17-20,22-25,27-30,32-36H2,1-3H3/b6-5+,21-16+,31-26+/t38?,39-/m0/s1. The number of carbonyl (C=O) groups excluding carboxylic acids is 2. The van der Waals surface area contributed by atoms with E-state index in [0.717, 1.165) is 76.5 Å². The third-order valence-electron chi connectivity index (χ3n) is 8.42. The van der Waals surface area contributed by atoms with Crippen molar-refractivity contribution in [3.8, 4) is 0 Å². The van der Waals surface area contributed by atoms with Crippen molar-refractivity contribution in [1.82, 2.24) is 0 Å². The van der Waals surface area contributed by atoms with Gasteiger partial charge in [-0.05, 0) is 38.0 Å². The van der Waals surface area contributed by atoms with E-state index in [0.29, 0.717) is 12.8 Å². The summed E-state index contributed by atoms with van der Waals surface area (Å²) in [5, 5.41) is 20.0. The molecule has 0 aromatic heterocycles. The summed E-state index contributed by atoms with van der Waals surface area (Å²) in [4.78, 5) is 23.9. The largest absolute Gasteiger partial charge is 0.463 e. The molecule has 6 nitrogen and oxygen atoms in total. The summed E-state index contributed by atoms with van der Waals surface area (Å²) in [5.74, 6) is 0.210. The van der Waals surface area contributed by atoms with E-state index in [4.69, 9.17) is 9.47 Å². The van der Waals surface area contributed by atoms with Gasteiger partial charge in [0.2, 0.25) is 0 Å². The van der Waals surface area contributed by atoms with Gasteiger partial charge in [-0.3, -0.25) is 9.59 Å². The summed E-state index contributed by atoms with van der Waals surface area (Å²) in [6.07, 6.45) is 37.9. The fourth-order valence-corrected chi connectivity index (χ4v) is 5.45. The predicted octanol–water partition coefficient (Wildman–Crippen LogP) is 10.9. The van der Waals surface area contributed by atoms with Gasteiger partial charge in [0.25, 0.3) is 0 Å². The van der Waals surface area contributed by atoms with Crippen LogP contribution in [0.15, 0.2) is 36.5 Å². The van der Waals surface area contributed by atoms with E-state index in [-0.39, 0.29) is 25.2 Å². The number of esters is 2. The third kappa shape index (κ3) is 36.8. The molecule has 0 radical (unpaired) electrons. The maximum absolute atomic E-state index is 12.0. The SMILES string of the molecule is CC/C=C/C/C=C/C=C/C(O)CCCCCCCC(=O)OC[C@@H](O)COC(=O)CCCCCCCCCCCCCCCCC(C)C. The molecule has 0 aliphatic heterocycles. The van der Waals surface area contributed by atoms with Crippen molar-refractivity contribution >= 4 is 11.9 Å². The summed E-state index contributed by atoms with van der Waals surface area (Å²) in [5.41, 5.74) is 0. The summed E-state index contributed by atoms with van der Waals surface area (Å²) in [6, 6.07) is 0. The number of rotatable bonds is 34. The first-order chi connectivity index (χ1) is 22.8. The van der Waals surface area contributed by atoms with Crippen LogP contribution in [-0.4, -0.2) is 47.6 Å². The number of unbranched alkanes of at least 4 members (excludes halogenated alkanes) is 17. The number of hydrogen-bond acceptors (Lipinski definition) is 6. The van der Waals surface area contributed by atoms with Crippen molar-refractivity contribution in [2.24, 2.45) is 5.92 Å². The first kappa shape index (κ1) is 45.1. The molecule has 0 heterocycles. The van der Waals surface area contributed by atoms with Crippen LogP contribution in [0.1, 0.15) is 181 Å². The van der Waals surface area contributed by atoms with E-state index in [9.17, 15) is 19.8 Å². The lowest BCUT2D eigenvalue weighted by atomic mass is 10.0. The topological polar surface area (TPSA) is 93.1 Å². The maximum Gasteiger partial charge on any atom is 0.305 e. The number of allylic oxidation sites excluding steroid dienone is 5. The van der Waals surface area contributed by atoms with Crippen LogP contribution in [-0.2, 0) is 19.1 Å². The minimum atomic E-state index is -0.994. The van der Waals surface area contributed by atoms with Gasteiger partial charge in [0.05, 0.1) is 6.10 Å². The molecule has 47 heavy (non-hydrogen) atoms. The fourth-order valence-electron chi connectivity index (χ4n) is 5.45. The van der Waals surface area contributed by atoms with Crippen LogP contribution in [0.3, 0.4) is 0 Å². The van der Waals surface area contributed by atoms with Gasteiger partial charge < -0.3 is 19.7 Å². The number of aliphatic hydroxyl groups excluding tert-OH is 2. The molecule has 1 unspecified atom stereocenters. The Balaban J connectivity index is 3.50. The average molecular weight is 663 g/mol. The van der Waals surface area contributed by atoms with Gasteiger partial charge in [-0.25, -0.2) is 0 Å². The maximum atomic E-state index is 12.0. The van der Waals surface area contributed by atoms with E-state index in [1.165, 1.54) is 77.0 Å². The molecule has 0 aliphatic rings. The Hall–Kier alpha value is -1.92. The van der Waals surface area contributed by atoms with Crippen LogP contribution in [0.5, 0.6) is 0 Å². The molecule has 0 saturated heterocycles. The van der Waals surface area contributed by atoms with Crippen LogP contribution < -0.4 is 0 Å². The molecule has 0 spiro atoms.